The van der Waals surface area contributed by atoms with E-state index in [1.54, 1.807) is 4.90 Å². The number of aryl methyl sites for hydroxylation is 1. The minimum atomic E-state index is -0.786. The highest BCUT2D eigenvalue weighted by molar-refractivity contribution is 5.92. The maximum Gasteiger partial charge on any atom is 0.291 e. The Kier molecular flexibility index (Phi) is 4.96. The summed E-state index contributed by atoms with van der Waals surface area (Å²) < 4.78 is 0. The van der Waals surface area contributed by atoms with Crippen molar-refractivity contribution in [3.05, 3.63) is 17.1 Å². The van der Waals surface area contributed by atoms with Gasteiger partial charge in [-0.15, -0.1) is 0 Å². The number of aliphatic hydroxyl groups is 1. The van der Waals surface area contributed by atoms with Gasteiger partial charge in [0.15, 0.2) is 0 Å². The van der Waals surface area contributed by atoms with Crippen LogP contribution in [0.1, 0.15) is 42.1 Å². The number of carbonyl (C=O) groups is 1. The minimum absolute atomic E-state index is 0.121. The highest BCUT2D eigenvalue weighted by Gasteiger charge is 2.46. The molecule has 2 aliphatic rings. The standard InChI is InChI=1S/C19H31N5O2/c1-12(2)19(26)10-24(11-19)18(25)16-20-14(4)13(3)17(21-16)23-8-7-15(9-23)22(5)6/h12,15,26H,7-11H2,1-6H3/t15-/m1/s1. The van der Waals surface area contributed by atoms with Crippen molar-refractivity contribution in [1.82, 2.24) is 19.8 Å². The molecule has 3 heterocycles. The van der Waals surface area contributed by atoms with E-state index in [9.17, 15) is 9.90 Å². The van der Waals surface area contributed by atoms with E-state index in [1.165, 1.54) is 0 Å². The Morgan fingerprint density at radius 1 is 1.27 bits per heavy atom. The van der Waals surface area contributed by atoms with E-state index >= 15 is 0 Å². The number of likely N-dealkylation sites (tertiary alicyclic amines) is 1. The summed E-state index contributed by atoms with van der Waals surface area (Å²) in [4.78, 5) is 28.0. The molecule has 2 aliphatic heterocycles. The highest BCUT2D eigenvalue weighted by atomic mass is 16.3. The van der Waals surface area contributed by atoms with Crippen LogP contribution in [0.4, 0.5) is 5.82 Å². The van der Waals surface area contributed by atoms with Crippen LogP contribution in [0.15, 0.2) is 0 Å². The quantitative estimate of drug-likeness (QED) is 0.865. The van der Waals surface area contributed by atoms with Crippen molar-refractivity contribution >= 4 is 11.7 Å². The molecule has 1 N–H and O–H groups in total. The SMILES string of the molecule is Cc1nc(C(=O)N2CC(O)(C(C)C)C2)nc(N2CC[C@@H](N(C)C)C2)c1C. The maximum absolute atomic E-state index is 12.8. The molecular formula is C19H31N5O2. The van der Waals surface area contributed by atoms with E-state index in [2.05, 4.69) is 33.9 Å². The summed E-state index contributed by atoms with van der Waals surface area (Å²) in [6, 6.07) is 0.500. The number of amides is 1. The minimum Gasteiger partial charge on any atom is -0.386 e. The van der Waals surface area contributed by atoms with Gasteiger partial charge in [-0.2, -0.15) is 0 Å². The summed E-state index contributed by atoms with van der Waals surface area (Å²) >= 11 is 0. The molecule has 2 saturated heterocycles. The molecule has 0 spiro atoms. The largest absolute Gasteiger partial charge is 0.386 e. The number of rotatable bonds is 4. The van der Waals surface area contributed by atoms with Crippen molar-refractivity contribution in [3.63, 3.8) is 0 Å². The van der Waals surface area contributed by atoms with E-state index in [1.807, 2.05) is 27.7 Å². The van der Waals surface area contributed by atoms with Gasteiger partial charge in [-0.05, 0) is 40.3 Å². The Balaban J connectivity index is 1.80. The van der Waals surface area contributed by atoms with Gasteiger partial charge in [0, 0.05) is 30.4 Å². The van der Waals surface area contributed by atoms with Gasteiger partial charge in [0.25, 0.3) is 5.91 Å². The number of anilines is 1. The summed E-state index contributed by atoms with van der Waals surface area (Å²) in [6.07, 6.45) is 1.09. The Morgan fingerprint density at radius 3 is 2.46 bits per heavy atom. The molecular weight excluding hydrogens is 330 g/mol. The van der Waals surface area contributed by atoms with Crippen LogP contribution in [0.5, 0.6) is 0 Å². The van der Waals surface area contributed by atoms with Crippen molar-refractivity contribution < 1.29 is 9.90 Å². The van der Waals surface area contributed by atoms with Crippen molar-refractivity contribution in [2.24, 2.45) is 5.92 Å². The van der Waals surface area contributed by atoms with Crippen LogP contribution < -0.4 is 4.90 Å². The lowest BCUT2D eigenvalue weighted by atomic mass is 9.83. The van der Waals surface area contributed by atoms with E-state index in [0.29, 0.717) is 19.1 Å². The number of β-amino-alcohol motifs (C(OH)–C–C–N with tert-alkyl or cyclic N) is 1. The zero-order valence-electron chi connectivity index (χ0n) is 16.8. The molecule has 1 amide bonds. The van der Waals surface area contributed by atoms with Crippen LogP contribution in [0.25, 0.3) is 0 Å². The molecule has 3 rings (SSSR count). The molecule has 0 aliphatic carbocycles. The fourth-order valence-electron chi connectivity index (χ4n) is 3.64. The van der Waals surface area contributed by atoms with Gasteiger partial charge in [-0.1, -0.05) is 13.8 Å². The molecule has 26 heavy (non-hydrogen) atoms. The molecule has 0 aromatic carbocycles. The molecule has 0 radical (unpaired) electrons. The first-order valence-corrected chi connectivity index (χ1v) is 9.40. The van der Waals surface area contributed by atoms with E-state index < -0.39 is 5.60 Å². The Morgan fingerprint density at radius 2 is 1.92 bits per heavy atom. The van der Waals surface area contributed by atoms with Crippen molar-refractivity contribution in [1.29, 1.82) is 0 Å². The van der Waals surface area contributed by atoms with Crippen LogP contribution >= 0.6 is 0 Å². The molecule has 0 unspecified atom stereocenters. The molecule has 144 valence electrons. The van der Waals surface area contributed by atoms with E-state index in [0.717, 1.165) is 36.6 Å². The number of hydrogen-bond acceptors (Lipinski definition) is 6. The van der Waals surface area contributed by atoms with Gasteiger partial charge >= 0.3 is 0 Å². The number of nitrogens with zero attached hydrogens (tertiary/aromatic N) is 5. The van der Waals surface area contributed by atoms with E-state index in [4.69, 9.17) is 0 Å². The lowest BCUT2D eigenvalue weighted by Crippen LogP contribution is -2.66. The number of carbonyl (C=O) groups excluding carboxylic acids is 1. The van der Waals surface area contributed by atoms with Crippen LogP contribution in [0.2, 0.25) is 0 Å². The first kappa shape index (κ1) is 19.0. The fourth-order valence-corrected chi connectivity index (χ4v) is 3.64. The zero-order chi connectivity index (χ0) is 19.2. The van der Waals surface area contributed by atoms with E-state index in [-0.39, 0.29) is 17.6 Å². The lowest BCUT2D eigenvalue weighted by molar-refractivity contribution is -0.111. The normalized spacial score (nSPS) is 22.3. The third-order valence-corrected chi connectivity index (χ3v) is 6.04. The van der Waals surface area contributed by atoms with Crippen molar-refractivity contribution in [2.75, 3.05) is 45.2 Å². The molecule has 0 saturated carbocycles. The predicted molar refractivity (Wildman–Crippen MR) is 102 cm³/mol. The lowest BCUT2D eigenvalue weighted by Gasteiger charge is -2.48. The second-order valence-electron chi connectivity index (χ2n) is 8.35. The maximum atomic E-state index is 12.8. The fraction of sp³-hybridized carbons (Fsp3) is 0.737. The Bertz CT molecular complexity index is 697. The molecule has 7 nitrogen and oxygen atoms in total. The molecule has 1 aromatic rings. The number of likely N-dealkylation sites (N-methyl/N-ethyl adjacent to an activating group) is 1. The topological polar surface area (TPSA) is 72.8 Å². The van der Waals surface area contributed by atoms with Crippen LogP contribution in [-0.2, 0) is 0 Å². The summed E-state index contributed by atoms with van der Waals surface area (Å²) in [6.45, 7) is 10.4. The van der Waals surface area contributed by atoms with Gasteiger partial charge in [-0.3, -0.25) is 4.79 Å². The van der Waals surface area contributed by atoms with Crippen LogP contribution in [0, 0.1) is 19.8 Å². The second kappa shape index (κ2) is 6.78. The summed E-state index contributed by atoms with van der Waals surface area (Å²) in [5.41, 5.74) is 1.08. The van der Waals surface area contributed by atoms with Crippen LogP contribution in [-0.4, -0.2) is 82.7 Å². The van der Waals surface area contributed by atoms with Gasteiger partial charge in [0.1, 0.15) is 11.4 Å². The Labute approximate surface area is 156 Å². The molecule has 1 atom stereocenters. The molecule has 0 bridgehead atoms. The van der Waals surface area contributed by atoms with Gasteiger partial charge in [0.05, 0.1) is 13.1 Å². The smallest absolute Gasteiger partial charge is 0.291 e. The third kappa shape index (κ3) is 3.30. The molecule has 2 fully saturated rings. The van der Waals surface area contributed by atoms with Gasteiger partial charge < -0.3 is 19.8 Å². The third-order valence-electron chi connectivity index (χ3n) is 6.04. The predicted octanol–water partition coefficient (Wildman–Crippen LogP) is 1.08. The molecule has 7 heteroatoms. The van der Waals surface area contributed by atoms with Gasteiger partial charge in [-0.25, -0.2) is 9.97 Å². The zero-order valence-corrected chi connectivity index (χ0v) is 16.8. The summed E-state index contributed by atoms with van der Waals surface area (Å²) in [5.74, 6) is 1.03. The summed E-state index contributed by atoms with van der Waals surface area (Å²) in [7, 11) is 4.20. The molecule has 1 aromatic heterocycles. The average molecular weight is 361 g/mol. The summed E-state index contributed by atoms with van der Waals surface area (Å²) in [5, 5.41) is 10.4. The average Bonchev–Trinajstić information content (AvgIpc) is 3.03. The first-order valence-electron chi connectivity index (χ1n) is 9.40. The van der Waals surface area contributed by atoms with Gasteiger partial charge in [0.2, 0.25) is 5.82 Å². The monoisotopic (exact) mass is 361 g/mol. The first-order chi connectivity index (χ1) is 12.1. The van der Waals surface area contributed by atoms with Crippen LogP contribution in [0.3, 0.4) is 0 Å². The van der Waals surface area contributed by atoms with Crippen molar-refractivity contribution in [2.45, 2.75) is 45.8 Å². The Hall–Kier alpha value is -1.73. The second-order valence-corrected chi connectivity index (χ2v) is 8.35. The van der Waals surface area contributed by atoms with Crippen molar-refractivity contribution in [3.8, 4) is 0 Å². The number of aromatic nitrogens is 2. The number of hydrogen-bond donors (Lipinski definition) is 1. The highest BCUT2D eigenvalue weighted by Crippen LogP contribution is 2.30.